The molecular weight excluding hydrogens is 340 g/mol. The van der Waals surface area contributed by atoms with Crippen molar-refractivity contribution in [3.63, 3.8) is 0 Å². The van der Waals surface area contributed by atoms with Crippen LogP contribution in [0, 0.1) is 17.8 Å². The van der Waals surface area contributed by atoms with Gasteiger partial charge < -0.3 is 16.0 Å². The van der Waals surface area contributed by atoms with Gasteiger partial charge in [0.15, 0.2) is 0 Å². The topological polar surface area (TPSA) is 83.1 Å². The molecule has 6 rings (SSSR count). The lowest BCUT2D eigenvalue weighted by Crippen LogP contribution is -2.61. The number of pyridine rings is 1. The maximum atomic E-state index is 13.4. The van der Waals surface area contributed by atoms with Crippen molar-refractivity contribution in [2.75, 3.05) is 0 Å². The summed E-state index contributed by atoms with van der Waals surface area (Å²) in [6.07, 6.45) is 10.7. The number of hydrogen-bond acceptors (Lipinski definition) is 3. The molecule has 1 aliphatic heterocycles. The molecule has 6 nitrogen and oxygen atoms in total. The van der Waals surface area contributed by atoms with Gasteiger partial charge in [-0.25, -0.2) is 4.79 Å². The monoisotopic (exact) mass is 366 g/mol. The van der Waals surface area contributed by atoms with Crippen molar-refractivity contribution in [3.8, 4) is 0 Å². The van der Waals surface area contributed by atoms with Gasteiger partial charge in [0.05, 0.1) is 11.6 Å². The van der Waals surface area contributed by atoms with E-state index in [2.05, 4.69) is 20.9 Å². The summed E-state index contributed by atoms with van der Waals surface area (Å²) >= 11 is 0. The summed E-state index contributed by atoms with van der Waals surface area (Å²) in [5.41, 5.74) is 1.98. The molecule has 0 spiro atoms. The number of rotatable bonds is 3. The van der Waals surface area contributed by atoms with Crippen molar-refractivity contribution >= 4 is 11.9 Å². The second-order valence-corrected chi connectivity index (χ2v) is 9.01. The van der Waals surface area contributed by atoms with Crippen LogP contribution in [0.1, 0.15) is 57.1 Å². The average Bonchev–Trinajstić information content (AvgIpc) is 2.60. The SMILES string of the molecule is CC1=C(C(=O)NC23CC4CC(CC(C4)C2)C3)C(c2cccnc2)NC(=O)N1. The first-order valence-electron chi connectivity index (χ1n) is 10.0. The zero-order chi connectivity index (χ0) is 18.6. The third-order valence-electron chi connectivity index (χ3n) is 6.95. The number of carbonyl (C=O) groups excluding carboxylic acids is 2. The van der Waals surface area contributed by atoms with Gasteiger partial charge in [-0.2, -0.15) is 0 Å². The van der Waals surface area contributed by atoms with Crippen molar-refractivity contribution in [1.82, 2.24) is 20.9 Å². The van der Waals surface area contributed by atoms with Gasteiger partial charge in [0.2, 0.25) is 0 Å². The van der Waals surface area contributed by atoms with E-state index in [0.29, 0.717) is 11.3 Å². The van der Waals surface area contributed by atoms with Gasteiger partial charge >= 0.3 is 6.03 Å². The molecule has 1 unspecified atom stereocenters. The maximum Gasteiger partial charge on any atom is 0.319 e. The van der Waals surface area contributed by atoms with E-state index in [1.807, 2.05) is 12.1 Å². The summed E-state index contributed by atoms with van der Waals surface area (Å²) in [7, 11) is 0. The highest BCUT2D eigenvalue weighted by molar-refractivity contribution is 5.99. The number of aromatic nitrogens is 1. The predicted octanol–water partition coefficient (Wildman–Crippen LogP) is 2.79. The van der Waals surface area contributed by atoms with E-state index in [1.165, 1.54) is 19.3 Å². The number of allylic oxidation sites excluding steroid dienone is 1. The second-order valence-electron chi connectivity index (χ2n) is 9.01. The number of carbonyl (C=O) groups is 2. The fourth-order valence-corrected chi connectivity index (χ4v) is 6.36. The molecule has 4 fully saturated rings. The zero-order valence-corrected chi connectivity index (χ0v) is 15.6. The molecule has 1 aromatic rings. The number of urea groups is 1. The van der Waals surface area contributed by atoms with Crippen LogP contribution in [0.4, 0.5) is 4.79 Å². The second kappa shape index (κ2) is 6.08. The minimum atomic E-state index is -0.471. The molecule has 4 aliphatic carbocycles. The average molecular weight is 366 g/mol. The minimum Gasteiger partial charge on any atom is -0.347 e. The smallest absolute Gasteiger partial charge is 0.319 e. The lowest BCUT2D eigenvalue weighted by Gasteiger charge is -2.57. The maximum absolute atomic E-state index is 13.4. The standard InChI is InChI=1S/C21H26N4O2/c1-12-17(18(24-20(27)23-12)16-3-2-4-22-11-16)19(26)25-21-8-13-5-14(9-21)7-15(6-13)10-21/h2-4,11,13-15,18H,5-10H2,1H3,(H,25,26)(H2,23,24,27). The first-order valence-corrected chi connectivity index (χ1v) is 10.0. The molecule has 1 atom stereocenters. The van der Waals surface area contributed by atoms with Gasteiger partial charge in [0.25, 0.3) is 5.91 Å². The normalized spacial score (nSPS) is 37.0. The summed E-state index contributed by atoms with van der Waals surface area (Å²) in [6, 6.07) is 2.97. The molecule has 142 valence electrons. The van der Waals surface area contributed by atoms with Crippen molar-refractivity contribution in [2.45, 2.75) is 57.0 Å². The van der Waals surface area contributed by atoms with Crippen molar-refractivity contribution < 1.29 is 9.59 Å². The van der Waals surface area contributed by atoms with E-state index >= 15 is 0 Å². The Balaban J connectivity index is 1.44. The van der Waals surface area contributed by atoms with E-state index in [0.717, 1.165) is 42.6 Å². The molecular formula is C21H26N4O2. The summed E-state index contributed by atoms with van der Waals surface area (Å²) in [5, 5.41) is 9.09. The van der Waals surface area contributed by atoms with Crippen molar-refractivity contribution in [3.05, 3.63) is 41.4 Å². The Morgan fingerprint density at radius 1 is 1.19 bits per heavy atom. The van der Waals surface area contributed by atoms with E-state index in [-0.39, 0.29) is 17.5 Å². The number of amides is 3. The molecule has 2 heterocycles. The first kappa shape index (κ1) is 16.8. The van der Waals surface area contributed by atoms with Crippen LogP contribution in [-0.4, -0.2) is 22.5 Å². The lowest BCUT2D eigenvalue weighted by atomic mass is 9.53. The molecule has 5 aliphatic rings. The van der Waals surface area contributed by atoms with Crippen molar-refractivity contribution in [2.24, 2.45) is 17.8 Å². The minimum absolute atomic E-state index is 0.0555. The van der Waals surface area contributed by atoms with Crippen LogP contribution in [0.15, 0.2) is 35.8 Å². The lowest BCUT2D eigenvalue weighted by molar-refractivity contribution is -0.123. The van der Waals surface area contributed by atoms with E-state index in [9.17, 15) is 9.59 Å². The van der Waals surface area contributed by atoms with Gasteiger partial charge in [-0.05, 0) is 74.8 Å². The number of nitrogens with zero attached hydrogens (tertiary/aromatic N) is 1. The van der Waals surface area contributed by atoms with E-state index in [1.54, 1.807) is 19.3 Å². The summed E-state index contributed by atoms with van der Waals surface area (Å²) in [5.74, 6) is 2.25. The fraction of sp³-hybridized carbons (Fsp3) is 0.571. The fourth-order valence-electron chi connectivity index (χ4n) is 6.36. The highest BCUT2D eigenvalue weighted by atomic mass is 16.2. The van der Waals surface area contributed by atoms with Gasteiger partial charge in [-0.1, -0.05) is 6.07 Å². The number of hydrogen-bond donors (Lipinski definition) is 3. The van der Waals surface area contributed by atoms with E-state index < -0.39 is 6.04 Å². The molecule has 4 saturated carbocycles. The molecule has 0 aromatic carbocycles. The highest BCUT2D eigenvalue weighted by Crippen LogP contribution is 2.55. The van der Waals surface area contributed by atoms with Crippen LogP contribution in [-0.2, 0) is 4.79 Å². The molecule has 27 heavy (non-hydrogen) atoms. The number of nitrogens with one attached hydrogen (secondary N) is 3. The summed E-state index contributed by atoms with van der Waals surface area (Å²) in [6.45, 7) is 1.80. The summed E-state index contributed by atoms with van der Waals surface area (Å²) in [4.78, 5) is 29.6. The molecule has 0 saturated heterocycles. The Hall–Kier alpha value is -2.37. The van der Waals surface area contributed by atoms with Crippen LogP contribution in [0.5, 0.6) is 0 Å². The largest absolute Gasteiger partial charge is 0.347 e. The van der Waals surface area contributed by atoms with Crippen LogP contribution >= 0.6 is 0 Å². The molecule has 4 bridgehead atoms. The quantitative estimate of drug-likeness (QED) is 0.769. The predicted molar refractivity (Wildman–Crippen MR) is 100 cm³/mol. The molecule has 3 N–H and O–H groups in total. The van der Waals surface area contributed by atoms with Gasteiger partial charge in [0, 0.05) is 23.6 Å². The molecule has 0 radical (unpaired) electrons. The Morgan fingerprint density at radius 2 is 1.85 bits per heavy atom. The molecule has 1 aromatic heterocycles. The zero-order valence-electron chi connectivity index (χ0n) is 15.6. The van der Waals surface area contributed by atoms with E-state index in [4.69, 9.17) is 0 Å². The molecule has 6 heteroatoms. The highest BCUT2D eigenvalue weighted by Gasteiger charge is 2.52. The Bertz CT molecular complexity index is 781. The Morgan fingerprint density at radius 3 is 2.44 bits per heavy atom. The third kappa shape index (κ3) is 2.91. The van der Waals surface area contributed by atoms with Crippen LogP contribution < -0.4 is 16.0 Å². The Labute approximate surface area is 159 Å². The van der Waals surface area contributed by atoms with Crippen LogP contribution in [0.2, 0.25) is 0 Å². The van der Waals surface area contributed by atoms with Gasteiger partial charge in [-0.3, -0.25) is 9.78 Å². The van der Waals surface area contributed by atoms with Crippen molar-refractivity contribution in [1.29, 1.82) is 0 Å². The van der Waals surface area contributed by atoms with Gasteiger partial charge in [0.1, 0.15) is 0 Å². The Kier molecular flexibility index (Phi) is 3.78. The third-order valence-corrected chi connectivity index (χ3v) is 6.95. The first-order chi connectivity index (χ1) is 13.0. The summed E-state index contributed by atoms with van der Waals surface area (Å²) < 4.78 is 0. The van der Waals surface area contributed by atoms with Crippen LogP contribution in [0.25, 0.3) is 0 Å². The molecule has 3 amide bonds. The van der Waals surface area contributed by atoms with Gasteiger partial charge in [-0.15, -0.1) is 0 Å². The van der Waals surface area contributed by atoms with Crippen LogP contribution in [0.3, 0.4) is 0 Å².